The quantitative estimate of drug-likeness (QED) is 0.496. The number of carbonyl (C=O) groups is 1. The number of ketones is 1. The molecule has 0 spiro atoms. The van der Waals surface area contributed by atoms with Crippen LogP contribution in [0.1, 0.15) is 60.2 Å². The van der Waals surface area contributed by atoms with Gasteiger partial charge in [-0.15, -0.1) is 12.4 Å². The first-order chi connectivity index (χ1) is 15.1. The molecule has 4 nitrogen and oxygen atoms in total. The molecule has 1 fully saturated rings. The van der Waals surface area contributed by atoms with Crippen molar-refractivity contribution in [3.05, 3.63) is 58.7 Å². The number of benzene rings is 2. The summed E-state index contributed by atoms with van der Waals surface area (Å²) in [6.45, 7) is 10.5. The van der Waals surface area contributed by atoms with E-state index in [1.54, 1.807) is 0 Å². The fraction of sp³-hybridized carbons (Fsp3) is 0.519. The summed E-state index contributed by atoms with van der Waals surface area (Å²) in [6.07, 6.45) is 4.20. The molecule has 0 radical (unpaired) electrons. The monoisotopic (exact) mass is 457 g/mol. The van der Waals surface area contributed by atoms with E-state index in [-0.39, 0.29) is 18.3 Å². The zero-order valence-corrected chi connectivity index (χ0v) is 20.4. The second kappa shape index (κ2) is 11.2. The number of hydrogen-bond donors (Lipinski definition) is 0. The van der Waals surface area contributed by atoms with E-state index >= 15 is 0 Å². The minimum absolute atomic E-state index is 0. The van der Waals surface area contributed by atoms with Crippen molar-refractivity contribution in [1.82, 2.24) is 4.90 Å². The van der Waals surface area contributed by atoms with E-state index in [9.17, 15) is 4.79 Å². The van der Waals surface area contributed by atoms with Gasteiger partial charge in [0.05, 0.1) is 13.2 Å². The van der Waals surface area contributed by atoms with E-state index in [1.807, 2.05) is 26.0 Å². The van der Waals surface area contributed by atoms with Crippen LogP contribution in [0.15, 0.2) is 36.4 Å². The minimum Gasteiger partial charge on any atom is -0.490 e. The van der Waals surface area contributed by atoms with Crippen molar-refractivity contribution < 1.29 is 14.3 Å². The number of piperidine rings is 1. The second-order valence-electron chi connectivity index (χ2n) is 9.03. The first-order valence-electron chi connectivity index (χ1n) is 11.8. The Kier molecular flexibility index (Phi) is 8.61. The molecule has 2 aliphatic rings. The first-order valence-corrected chi connectivity index (χ1v) is 11.8. The van der Waals surface area contributed by atoms with Crippen molar-refractivity contribution in [3.63, 3.8) is 0 Å². The van der Waals surface area contributed by atoms with Gasteiger partial charge in [0, 0.05) is 18.0 Å². The van der Waals surface area contributed by atoms with Crippen molar-refractivity contribution >= 4 is 18.2 Å². The lowest BCUT2D eigenvalue weighted by molar-refractivity contribution is 0.0895. The number of rotatable bonds is 8. The second-order valence-corrected chi connectivity index (χ2v) is 9.03. The smallest absolute Gasteiger partial charge is 0.166 e. The van der Waals surface area contributed by atoms with Crippen LogP contribution in [0.4, 0.5) is 0 Å². The Bertz CT molecular complexity index is 921. The molecule has 1 atom stereocenters. The summed E-state index contributed by atoms with van der Waals surface area (Å²) in [5, 5.41) is 0. The van der Waals surface area contributed by atoms with Crippen LogP contribution in [0.3, 0.4) is 0 Å². The van der Waals surface area contributed by atoms with Gasteiger partial charge in [-0.2, -0.15) is 0 Å². The van der Waals surface area contributed by atoms with Gasteiger partial charge in [0.2, 0.25) is 0 Å². The molecule has 2 aromatic carbocycles. The number of ether oxygens (including phenoxy) is 2. The Labute approximate surface area is 198 Å². The van der Waals surface area contributed by atoms with Gasteiger partial charge in [-0.25, -0.2) is 0 Å². The topological polar surface area (TPSA) is 38.8 Å². The molecule has 1 saturated heterocycles. The molecule has 1 heterocycles. The highest BCUT2D eigenvalue weighted by atomic mass is 35.5. The molecule has 0 saturated carbocycles. The third-order valence-electron chi connectivity index (χ3n) is 6.69. The van der Waals surface area contributed by atoms with Crippen molar-refractivity contribution in [2.24, 2.45) is 11.8 Å². The van der Waals surface area contributed by atoms with Crippen LogP contribution in [0.25, 0.3) is 0 Å². The van der Waals surface area contributed by atoms with Crippen LogP contribution in [0.5, 0.6) is 11.5 Å². The molecule has 0 bridgehead atoms. The summed E-state index contributed by atoms with van der Waals surface area (Å²) in [5.41, 5.74) is 4.69. The Morgan fingerprint density at radius 2 is 1.69 bits per heavy atom. The highest BCUT2D eigenvalue weighted by Crippen LogP contribution is 2.40. The summed E-state index contributed by atoms with van der Waals surface area (Å²) in [4.78, 5) is 15.7. The molecule has 174 valence electrons. The summed E-state index contributed by atoms with van der Waals surface area (Å²) in [6, 6.07) is 12.8. The van der Waals surface area contributed by atoms with Gasteiger partial charge in [0.15, 0.2) is 17.3 Å². The van der Waals surface area contributed by atoms with E-state index in [0.717, 1.165) is 49.4 Å². The Hall–Kier alpha value is -2.04. The van der Waals surface area contributed by atoms with Gasteiger partial charge in [-0.1, -0.05) is 29.8 Å². The van der Waals surface area contributed by atoms with E-state index < -0.39 is 0 Å². The number of aryl methyl sites for hydroxylation is 1. The van der Waals surface area contributed by atoms with E-state index in [0.29, 0.717) is 30.7 Å². The van der Waals surface area contributed by atoms with Crippen LogP contribution < -0.4 is 9.47 Å². The van der Waals surface area contributed by atoms with Crippen LogP contribution >= 0.6 is 12.4 Å². The lowest BCUT2D eigenvalue weighted by atomic mass is 9.85. The van der Waals surface area contributed by atoms with E-state index in [2.05, 4.69) is 36.1 Å². The average molecular weight is 458 g/mol. The van der Waals surface area contributed by atoms with Gasteiger partial charge in [-0.05, 0) is 88.7 Å². The highest BCUT2D eigenvalue weighted by Gasteiger charge is 2.34. The summed E-state index contributed by atoms with van der Waals surface area (Å²) in [7, 11) is 0. The molecule has 32 heavy (non-hydrogen) atoms. The van der Waals surface area contributed by atoms with E-state index in [1.165, 1.54) is 24.0 Å². The molecule has 1 unspecified atom stereocenters. The number of likely N-dealkylation sites (tertiary alicyclic amines) is 1. The molecular weight excluding hydrogens is 422 g/mol. The van der Waals surface area contributed by atoms with Gasteiger partial charge in [-0.3, -0.25) is 9.69 Å². The third kappa shape index (κ3) is 5.65. The predicted molar refractivity (Wildman–Crippen MR) is 131 cm³/mol. The maximum absolute atomic E-state index is 13.1. The summed E-state index contributed by atoms with van der Waals surface area (Å²) >= 11 is 0. The fourth-order valence-electron chi connectivity index (χ4n) is 5.16. The molecule has 1 aliphatic carbocycles. The summed E-state index contributed by atoms with van der Waals surface area (Å²) in [5.74, 6) is 2.49. The van der Waals surface area contributed by atoms with Crippen LogP contribution in [0, 0.1) is 18.8 Å². The highest BCUT2D eigenvalue weighted by molar-refractivity contribution is 6.02. The lowest BCUT2D eigenvalue weighted by Gasteiger charge is -2.33. The lowest BCUT2D eigenvalue weighted by Crippen LogP contribution is -2.34. The van der Waals surface area contributed by atoms with Crippen LogP contribution in [-0.4, -0.2) is 37.0 Å². The molecule has 1 aliphatic heterocycles. The zero-order valence-electron chi connectivity index (χ0n) is 19.6. The number of Topliss-reactive ketones (excluding diaryl/α,β-unsaturated/α-hetero) is 1. The largest absolute Gasteiger partial charge is 0.490 e. The molecule has 0 amide bonds. The molecule has 5 heteroatoms. The Balaban J connectivity index is 0.00000289. The molecular formula is C27H36ClNO3. The van der Waals surface area contributed by atoms with Crippen molar-refractivity contribution in [2.45, 2.75) is 53.0 Å². The van der Waals surface area contributed by atoms with E-state index in [4.69, 9.17) is 9.47 Å². The van der Waals surface area contributed by atoms with Crippen molar-refractivity contribution in [3.8, 4) is 11.5 Å². The van der Waals surface area contributed by atoms with Crippen molar-refractivity contribution in [1.29, 1.82) is 0 Å². The number of hydrogen-bond acceptors (Lipinski definition) is 4. The fourth-order valence-corrected chi connectivity index (χ4v) is 5.16. The van der Waals surface area contributed by atoms with Crippen LogP contribution in [0.2, 0.25) is 0 Å². The van der Waals surface area contributed by atoms with Gasteiger partial charge in [0.25, 0.3) is 0 Å². The normalized spacial score (nSPS) is 18.8. The van der Waals surface area contributed by atoms with Gasteiger partial charge in [0.1, 0.15) is 0 Å². The maximum Gasteiger partial charge on any atom is 0.166 e. The number of nitrogens with zero attached hydrogens (tertiary/aromatic N) is 1. The third-order valence-corrected chi connectivity index (χ3v) is 6.69. The standard InChI is InChI=1S/C27H35NO3.ClH/c1-4-30-25-16-22-15-23(27(29)24(22)17-26(25)31-5-2)14-20-9-11-28(12-10-20)18-21-8-6-7-19(3)13-21;/h6-8,13,16-17,20,23H,4-5,9-12,14-15,18H2,1-3H3;1H. The molecule has 4 rings (SSSR count). The van der Waals surface area contributed by atoms with Gasteiger partial charge < -0.3 is 9.47 Å². The summed E-state index contributed by atoms with van der Waals surface area (Å²) < 4.78 is 11.5. The SMILES string of the molecule is CCOc1cc2c(cc1OCC)C(=O)C(CC1CCN(Cc3cccc(C)c3)CC1)C2.Cl. The predicted octanol–water partition coefficient (Wildman–Crippen LogP) is 5.87. The average Bonchev–Trinajstić information content (AvgIpc) is 3.05. The zero-order chi connectivity index (χ0) is 21.8. The van der Waals surface area contributed by atoms with Crippen molar-refractivity contribution in [2.75, 3.05) is 26.3 Å². The van der Waals surface area contributed by atoms with Crippen LogP contribution in [-0.2, 0) is 13.0 Å². The number of halogens is 1. The molecule has 0 aromatic heterocycles. The molecule has 0 N–H and O–H groups in total. The Morgan fingerprint density at radius 3 is 2.34 bits per heavy atom. The number of fused-ring (bicyclic) bond motifs is 1. The maximum atomic E-state index is 13.1. The number of carbonyl (C=O) groups excluding carboxylic acids is 1. The Morgan fingerprint density at radius 1 is 1.00 bits per heavy atom. The minimum atomic E-state index is 0. The van der Waals surface area contributed by atoms with Gasteiger partial charge >= 0.3 is 0 Å². The molecule has 2 aromatic rings. The first kappa shape index (κ1) is 24.6.